The number of nitrogens with zero attached hydrogens (tertiary/aromatic N) is 1. The lowest BCUT2D eigenvalue weighted by Gasteiger charge is -2.05. The molecule has 1 aromatic rings. The van der Waals surface area contributed by atoms with Crippen LogP contribution in [0.4, 0.5) is 0 Å². The van der Waals surface area contributed by atoms with Gasteiger partial charge >= 0.3 is 0 Å². The zero-order valence-electron chi connectivity index (χ0n) is 9.17. The zero-order valence-corrected chi connectivity index (χ0v) is 9.17. The summed E-state index contributed by atoms with van der Waals surface area (Å²) in [5, 5.41) is 3.20. The number of H-pyrrole nitrogens is 1. The molecule has 5 nitrogen and oxygen atoms in total. The fraction of sp³-hybridized carbons (Fsp3) is 0.600. The number of aryl methyl sites for hydroxylation is 1. The third kappa shape index (κ3) is 4.60. The predicted octanol–water partition coefficient (Wildman–Crippen LogP) is 0.457. The van der Waals surface area contributed by atoms with Crippen LogP contribution in [0.2, 0.25) is 0 Å². The molecule has 0 unspecified atom stereocenters. The minimum absolute atomic E-state index is 0.181. The van der Waals surface area contributed by atoms with Gasteiger partial charge < -0.3 is 15.0 Å². The summed E-state index contributed by atoms with van der Waals surface area (Å²) in [4.78, 5) is 17.7. The first-order valence-electron chi connectivity index (χ1n) is 5.14. The summed E-state index contributed by atoms with van der Waals surface area (Å²) in [6.07, 6.45) is 1.10. The highest BCUT2D eigenvalue weighted by Crippen LogP contribution is 2.00. The van der Waals surface area contributed by atoms with E-state index in [2.05, 4.69) is 22.2 Å². The molecular formula is C10H17N3O2. The third-order valence-electron chi connectivity index (χ3n) is 1.79. The minimum Gasteiger partial charge on any atom is -0.476 e. The molecule has 0 radical (unpaired) electrons. The van der Waals surface area contributed by atoms with Gasteiger partial charge in [-0.15, -0.1) is 0 Å². The van der Waals surface area contributed by atoms with Crippen molar-refractivity contribution >= 4 is 0 Å². The van der Waals surface area contributed by atoms with E-state index in [9.17, 15) is 4.79 Å². The lowest BCUT2D eigenvalue weighted by molar-refractivity contribution is 0.301. The number of hydrogen-bond acceptors (Lipinski definition) is 4. The second-order valence-corrected chi connectivity index (χ2v) is 3.27. The van der Waals surface area contributed by atoms with E-state index in [1.165, 1.54) is 6.07 Å². The predicted molar refractivity (Wildman–Crippen MR) is 58.3 cm³/mol. The quantitative estimate of drug-likeness (QED) is 0.671. The molecule has 1 heterocycles. The van der Waals surface area contributed by atoms with E-state index in [1.54, 1.807) is 6.92 Å². The Labute approximate surface area is 88.9 Å². The van der Waals surface area contributed by atoms with Crippen molar-refractivity contribution in [3.63, 3.8) is 0 Å². The van der Waals surface area contributed by atoms with E-state index in [0.29, 0.717) is 18.3 Å². The van der Waals surface area contributed by atoms with Crippen molar-refractivity contribution in [1.82, 2.24) is 15.3 Å². The van der Waals surface area contributed by atoms with Crippen molar-refractivity contribution in [1.29, 1.82) is 0 Å². The highest BCUT2D eigenvalue weighted by atomic mass is 16.5. The van der Waals surface area contributed by atoms with Crippen LogP contribution >= 0.6 is 0 Å². The first kappa shape index (κ1) is 11.7. The van der Waals surface area contributed by atoms with Crippen LogP contribution in [0.1, 0.15) is 19.2 Å². The van der Waals surface area contributed by atoms with Crippen molar-refractivity contribution in [3.05, 3.63) is 22.2 Å². The van der Waals surface area contributed by atoms with Crippen LogP contribution in [0.5, 0.6) is 5.88 Å². The third-order valence-corrected chi connectivity index (χ3v) is 1.79. The normalized spacial score (nSPS) is 10.3. The average molecular weight is 211 g/mol. The topological polar surface area (TPSA) is 67.0 Å². The molecule has 1 aromatic heterocycles. The molecule has 0 atom stereocenters. The molecule has 0 fully saturated rings. The first-order valence-corrected chi connectivity index (χ1v) is 5.14. The highest BCUT2D eigenvalue weighted by molar-refractivity contribution is 5.07. The number of hydrogen-bond donors (Lipinski definition) is 2. The van der Waals surface area contributed by atoms with E-state index in [0.717, 1.165) is 19.5 Å². The monoisotopic (exact) mass is 211 g/mol. The summed E-state index contributed by atoms with van der Waals surface area (Å²) in [5.41, 5.74) is -0.181. The molecule has 2 N–H and O–H groups in total. The van der Waals surface area contributed by atoms with Gasteiger partial charge in [0.15, 0.2) is 0 Å². The molecule has 15 heavy (non-hydrogen) atoms. The summed E-state index contributed by atoms with van der Waals surface area (Å²) >= 11 is 0. The van der Waals surface area contributed by atoms with Crippen molar-refractivity contribution in [2.75, 3.05) is 19.7 Å². The van der Waals surface area contributed by atoms with Gasteiger partial charge in [0, 0.05) is 6.54 Å². The van der Waals surface area contributed by atoms with Crippen LogP contribution in [0.25, 0.3) is 0 Å². The van der Waals surface area contributed by atoms with Gasteiger partial charge in [-0.05, 0) is 19.9 Å². The molecule has 0 bridgehead atoms. The van der Waals surface area contributed by atoms with E-state index in [1.807, 2.05) is 0 Å². The summed E-state index contributed by atoms with van der Waals surface area (Å²) in [7, 11) is 0. The molecule has 0 saturated carbocycles. The summed E-state index contributed by atoms with van der Waals surface area (Å²) in [6, 6.07) is 1.35. The standard InChI is InChI=1S/C10H17N3O2/c1-3-4-11-5-6-15-10-7-9(14)12-8(2)13-10/h7,11H,3-6H2,1-2H3,(H,12,13,14). The second-order valence-electron chi connectivity index (χ2n) is 3.27. The molecule has 1 rings (SSSR count). The van der Waals surface area contributed by atoms with Crippen LogP contribution in [-0.4, -0.2) is 29.7 Å². The van der Waals surface area contributed by atoms with Crippen LogP contribution in [0.15, 0.2) is 10.9 Å². The van der Waals surface area contributed by atoms with Gasteiger partial charge in [-0.1, -0.05) is 6.92 Å². The van der Waals surface area contributed by atoms with Crippen molar-refractivity contribution in [2.45, 2.75) is 20.3 Å². The largest absolute Gasteiger partial charge is 0.476 e. The number of aromatic nitrogens is 2. The molecule has 0 aliphatic rings. The van der Waals surface area contributed by atoms with Gasteiger partial charge in [-0.3, -0.25) is 4.79 Å². The second kappa shape index (κ2) is 6.19. The molecule has 0 spiro atoms. The molecule has 0 amide bonds. The number of ether oxygens (including phenoxy) is 1. The maximum Gasteiger partial charge on any atom is 0.254 e. The summed E-state index contributed by atoms with van der Waals surface area (Å²) in [6.45, 7) is 6.10. The lowest BCUT2D eigenvalue weighted by atomic mass is 10.5. The molecule has 0 aromatic carbocycles. The number of nitrogens with one attached hydrogen (secondary N) is 2. The van der Waals surface area contributed by atoms with Crippen LogP contribution in [-0.2, 0) is 0 Å². The van der Waals surface area contributed by atoms with Gasteiger partial charge in [-0.2, -0.15) is 0 Å². The lowest BCUT2D eigenvalue weighted by Crippen LogP contribution is -2.22. The molecule has 84 valence electrons. The first-order chi connectivity index (χ1) is 7.22. The number of aromatic amines is 1. The fourth-order valence-electron chi connectivity index (χ4n) is 1.16. The van der Waals surface area contributed by atoms with Gasteiger partial charge in [0.2, 0.25) is 5.88 Å². The van der Waals surface area contributed by atoms with Crippen molar-refractivity contribution in [2.24, 2.45) is 0 Å². The van der Waals surface area contributed by atoms with Crippen molar-refractivity contribution < 1.29 is 4.74 Å². The smallest absolute Gasteiger partial charge is 0.254 e. The Morgan fingerprint density at radius 3 is 3.00 bits per heavy atom. The van der Waals surface area contributed by atoms with E-state index < -0.39 is 0 Å². The van der Waals surface area contributed by atoms with Gasteiger partial charge in [0.05, 0.1) is 6.07 Å². The zero-order chi connectivity index (χ0) is 11.1. The van der Waals surface area contributed by atoms with Gasteiger partial charge in [0.1, 0.15) is 12.4 Å². The summed E-state index contributed by atoms with van der Waals surface area (Å²) in [5.74, 6) is 0.952. The molecule has 5 heteroatoms. The van der Waals surface area contributed by atoms with E-state index in [-0.39, 0.29) is 5.56 Å². The Morgan fingerprint density at radius 1 is 1.53 bits per heavy atom. The number of rotatable bonds is 6. The molecular weight excluding hydrogens is 194 g/mol. The minimum atomic E-state index is -0.181. The van der Waals surface area contributed by atoms with Crippen LogP contribution in [0.3, 0.4) is 0 Å². The fourth-order valence-corrected chi connectivity index (χ4v) is 1.16. The highest BCUT2D eigenvalue weighted by Gasteiger charge is 1.98. The SMILES string of the molecule is CCCNCCOc1cc(=O)[nH]c(C)n1. The maximum absolute atomic E-state index is 11.1. The Kier molecular flexibility index (Phi) is 4.83. The molecule has 0 aliphatic heterocycles. The Morgan fingerprint density at radius 2 is 2.33 bits per heavy atom. The Bertz CT molecular complexity index is 349. The van der Waals surface area contributed by atoms with Gasteiger partial charge in [-0.25, -0.2) is 4.98 Å². The Hall–Kier alpha value is -1.36. The average Bonchev–Trinajstić information content (AvgIpc) is 2.16. The molecule has 0 aliphatic carbocycles. The van der Waals surface area contributed by atoms with E-state index in [4.69, 9.17) is 4.74 Å². The van der Waals surface area contributed by atoms with Gasteiger partial charge in [0.25, 0.3) is 5.56 Å². The van der Waals surface area contributed by atoms with Crippen LogP contribution < -0.4 is 15.6 Å². The maximum atomic E-state index is 11.1. The van der Waals surface area contributed by atoms with Crippen molar-refractivity contribution in [3.8, 4) is 5.88 Å². The molecule has 0 saturated heterocycles. The van der Waals surface area contributed by atoms with Crippen LogP contribution in [0, 0.1) is 6.92 Å². The summed E-state index contributed by atoms with van der Waals surface area (Å²) < 4.78 is 5.32. The Balaban J connectivity index is 2.34. The van der Waals surface area contributed by atoms with E-state index >= 15 is 0 Å².